The van der Waals surface area contributed by atoms with Gasteiger partial charge in [-0.3, -0.25) is 9.78 Å². The van der Waals surface area contributed by atoms with E-state index in [0.29, 0.717) is 37.7 Å². The molecule has 12 heteroatoms. The van der Waals surface area contributed by atoms with E-state index >= 15 is 0 Å². The number of alkyl halides is 3. The summed E-state index contributed by atoms with van der Waals surface area (Å²) in [6, 6.07) is 10.9. The van der Waals surface area contributed by atoms with Crippen molar-refractivity contribution in [1.29, 1.82) is 0 Å². The van der Waals surface area contributed by atoms with Crippen molar-refractivity contribution in [3.8, 4) is 23.5 Å². The predicted octanol–water partition coefficient (Wildman–Crippen LogP) is 6.56. The van der Waals surface area contributed by atoms with Crippen LogP contribution in [0.5, 0.6) is 0 Å². The molecule has 0 atom stereocenters. The van der Waals surface area contributed by atoms with Gasteiger partial charge in [0.2, 0.25) is 0 Å². The van der Waals surface area contributed by atoms with Crippen molar-refractivity contribution in [2.24, 2.45) is 0 Å². The van der Waals surface area contributed by atoms with Gasteiger partial charge in [0.1, 0.15) is 22.8 Å². The first-order valence-electron chi connectivity index (χ1n) is 15.0. The Bertz CT molecular complexity index is 1580. The largest absolute Gasteiger partial charge is 0.444 e. The molecule has 244 valence electrons. The van der Waals surface area contributed by atoms with Crippen molar-refractivity contribution >= 4 is 23.5 Å². The zero-order valence-electron chi connectivity index (χ0n) is 26.4. The highest BCUT2D eigenvalue weighted by Crippen LogP contribution is 2.31. The molecule has 1 N–H and O–H groups in total. The second-order valence-corrected chi connectivity index (χ2v) is 11.9. The SMILES string of the molecule is C#Cc1cc(-c2cc(NC(=O)c3ccnc(C(F)(F)F)c3)ccc2C)cc(N2CCOCC2)n1.CC(C)(C)OC(=O)N1CCCC1. The second kappa shape index (κ2) is 14.6. The van der Waals surface area contributed by atoms with Crippen molar-refractivity contribution in [2.75, 3.05) is 49.6 Å². The third-order valence-corrected chi connectivity index (χ3v) is 7.17. The number of aryl methyl sites for hydroxylation is 1. The smallest absolute Gasteiger partial charge is 0.433 e. The van der Waals surface area contributed by atoms with Crippen molar-refractivity contribution in [3.05, 3.63) is 71.2 Å². The molecule has 2 amide bonds. The number of ether oxygens (including phenoxy) is 2. The number of nitrogens with zero attached hydrogens (tertiary/aromatic N) is 4. The molecule has 5 rings (SSSR count). The maximum Gasteiger partial charge on any atom is 0.433 e. The van der Waals surface area contributed by atoms with Gasteiger partial charge in [0.05, 0.1) is 13.2 Å². The van der Waals surface area contributed by atoms with E-state index in [1.165, 1.54) is 6.07 Å². The molecule has 0 radical (unpaired) electrons. The Labute approximate surface area is 267 Å². The fraction of sp³-hybridized carbons (Fsp3) is 0.412. The molecule has 2 aliphatic rings. The van der Waals surface area contributed by atoms with Gasteiger partial charge in [-0.05, 0) is 93.6 Å². The summed E-state index contributed by atoms with van der Waals surface area (Å²) in [4.78, 5) is 35.7. The number of benzene rings is 1. The molecule has 9 nitrogen and oxygen atoms in total. The molecule has 2 aliphatic heterocycles. The molecule has 0 bridgehead atoms. The van der Waals surface area contributed by atoms with E-state index in [-0.39, 0.29) is 17.3 Å². The molecule has 46 heavy (non-hydrogen) atoms. The number of anilines is 2. The molecule has 0 aliphatic carbocycles. The molecular formula is C34H38F3N5O4. The number of morpholine rings is 1. The van der Waals surface area contributed by atoms with Crippen LogP contribution in [0.15, 0.2) is 48.7 Å². The van der Waals surface area contributed by atoms with Crippen LogP contribution in [0.3, 0.4) is 0 Å². The third kappa shape index (κ3) is 9.44. The zero-order chi connectivity index (χ0) is 33.5. The standard InChI is InChI=1S/C25H21F3N4O2.C9H17NO2/c1-3-19-12-18(14-23(30-19)32-8-10-34-11-9-32)21-15-20(5-4-16(21)2)31-24(33)17-6-7-29-22(13-17)25(26,27)28;1-9(2,3)12-8(11)10-6-4-5-7-10/h1,4-7,12-15H,8-11H2,2H3,(H,31,33);4-7H2,1-3H3. The Balaban J connectivity index is 0.000000337. The fourth-order valence-electron chi connectivity index (χ4n) is 4.87. The van der Waals surface area contributed by atoms with E-state index in [9.17, 15) is 22.8 Å². The molecule has 2 fully saturated rings. The predicted molar refractivity (Wildman–Crippen MR) is 170 cm³/mol. The summed E-state index contributed by atoms with van der Waals surface area (Å²) in [6.45, 7) is 11.9. The van der Waals surface area contributed by atoms with Crippen LogP contribution >= 0.6 is 0 Å². The van der Waals surface area contributed by atoms with Crippen molar-refractivity contribution in [3.63, 3.8) is 0 Å². The quantitative estimate of drug-likeness (QED) is 0.324. The summed E-state index contributed by atoms with van der Waals surface area (Å²) in [7, 11) is 0. The van der Waals surface area contributed by atoms with Crippen molar-refractivity contribution in [1.82, 2.24) is 14.9 Å². The Kier molecular flexibility index (Phi) is 10.9. The number of hydrogen-bond acceptors (Lipinski definition) is 7. The molecule has 0 spiro atoms. The van der Waals surface area contributed by atoms with Gasteiger partial charge in [0, 0.05) is 43.6 Å². The van der Waals surface area contributed by atoms with Gasteiger partial charge in [-0.2, -0.15) is 13.2 Å². The zero-order valence-corrected chi connectivity index (χ0v) is 26.4. The summed E-state index contributed by atoms with van der Waals surface area (Å²) < 4.78 is 49.5. The van der Waals surface area contributed by atoms with Gasteiger partial charge in [0.25, 0.3) is 5.91 Å². The minimum Gasteiger partial charge on any atom is -0.444 e. The number of aromatic nitrogens is 2. The summed E-state index contributed by atoms with van der Waals surface area (Å²) in [5.41, 5.74) is 1.85. The van der Waals surface area contributed by atoms with Crippen LogP contribution in [0, 0.1) is 19.3 Å². The summed E-state index contributed by atoms with van der Waals surface area (Å²) in [5, 5.41) is 2.66. The molecule has 0 saturated carbocycles. The average Bonchev–Trinajstić information content (AvgIpc) is 3.57. The molecule has 2 aromatic heterocycles. The maximum atomic E-state index is 12.9. The van der Waals surface area contributed by atoms with Crippen LogP contribution < -0.4 is 10.2 Å². The third-order valence-electron chi connectivity index (χ3n) is 7.17. The van der Waals surface area contributed by atoms with Crippen LogP contribution in [-0.4, -0.2) is 71.9 Å². The average molecular weight is 638 g/mol. The molecule has 3 aromatic rings. The normalized spacial score (nSPS) is 15.0. The lowest BCUT2D eigenvalue weighted by atomic mass is 9.99. The molecule has 1 aromatic carbocycles. The van der Waals surface area contributed by atoms with Gasteiger partial charge in [-0.25, -0.2) is 9.78 Å². The van der Waals surface area contributed by atoms with Crippen LogP contribution in [0.1, 0.15) is 60.9 Å². The van der Waals surface area contributed by atoms with E-state index in [0.717, 1.165) is 60.7 Å². The van der Waals surface area contributed by atoms with Gasteiger partial charge in [-0.1, -0.05) is 12.0 Å². The Hall–Kier alpha value is -4.63. The summed E-state index contributed by atoms with van der Waals surface area (Å²) in [5.74, 6) is 2.65. The monoisotopic (exact) mass is 637 g/mol. The van der Waals surface area contributed by atoms with E-state index < -0.39 is 17.8 Å². The highest BCUT2D eigenvalue weighted by atomic mass is 19.4. The number of carbonyl (C=O) groups excluding carboxylic acids is 2. The number of carbonyl (C=O) groups is 2. The van der Waals surface area contributed by atoms with Crippen LogP contribution in [0.2, 0.25) is 0 Å². The first kappa shape index (κ1) is 34.2. The van der Waals surface area contributed by atoms with Crippen LogP contribution in [0.25, 0.3) is 11.1 Å². The van der Waals surface area contributed by atoms with Crippen molar-refractivity contribution in [2.45, 2.75) is 52.3 Å². The number of amides is 2. The fourth-order valence-corrected chi connectivity index (χ4v) is 4.87. The molecule has 4 heterocycles. The maximum absolute atomic E-state index is 12.9. The molecule has 2 saturated heterocycles. The number of rotatable bonds is 4. The van der Waals surface area contributed by atoms with E-state index in [1.54, 1.807) is 23.1 Å². The summed E-state index contributed by atoms with van der Waals surface area (Å²) >= 11 is 0. The van der Waals surface area contributed by atoms with E-state index in [4.69, 9.17) is 15.9 Å². The topological polar surface area (TPSA) is 96.9 Å². The van der Waals surface area contributed by atoms with Gasteiger partial charge in [0.15, 0.2) is 0 Å². The van der Waals surface area contributed by atoms with Crippen LogP contribution in [0.4, 0.5) is 29.5 Å². The van der Waals surface area contributed by atoms with Gasteiger partial charge >= 0.3 is 12.3 Å². The molecular weight excluding hydrogens is 599 g/mol. The Morgan fingerprint density at radius 2 is 1.70 bits per heavy atom. The minimum atomic E-state index is -4.64. The number of pyridine rings is 2. The highest BCUT2D eigenvalue weighted by Gasteiger charge is 2.33. The number of likely N-dealkylation sites (tertiary alicyclic amines) is 1. The minimum absolute atomic E-state index is 0.141. The lowest BCUT2D eigenvalue weighted by Crippen LogP contribution is -2.36. The Morgan fingerprint density at radius 1 is 1.00 bits per heavy atom. The van der Waals surface area contributed by atoms with E-state index in [2.05, 4.69) is 26.1 Å². The van der Waals surface area contributed by atoms with E-state index in [1.807, 2.05) is 39.8 Å². The second-order valence-electron chi connectivity index (χ2n) is 11.9. The lowest BCUT2D eigenvalue weighted by Gasteiger charge is -2.28. The summed E-state index contributed by atoms with van der Waals surface area (Å²) in [6.07, 6.45) is 4.02. The number of hydrogen-bond donors (Lipinski definition) is 1. The number of halogens is 3. The first-order valence-corrected chi connectivity index (χ1v) is 15.0. The van der Waals surface area contributed by atoms with Gasteiger partial charge < -0.3 is 24.6 Å². The highest BCUT2D eigenvalue weighted by molar-refractivity contribution is 6.04. The first-order chi connectivity index (χ1) is 21.7. The van der Waals surface area contributed by atoms with Crippen LogP contribution in [-0.2, 0) is 15.7 Å². The number of terminal acetylenes is 1. The number of nitrogens with one attached hydrogen (secondary N) is 1. The van der Waals surface area contributed by atoms with Gasteiger partial charge in [-0.15, -0.1) is 6.42 Å². The lowest BCUT2D eigenvalue weighted by molar-refractivity contribution is -0.141. The Morgan fingerprint density at radius 3 is 2.33 bits per heavy atom. The van der Waals surface area contributed by atoms with Crippen molar-refractivity contribution < 1.29 is 32.2 Å². The molecule has 0 unspecified atom stereocenters.